The summed E-state index contributed by atoms with van der Waals surface area (Å²) in [6.07, 6.45) is 5.48. The fourth-order valence-corrected chi connectivity index (χ4v) is 3.02. The van der Waals surface area contributed by atoms with Crippen molar-refractivity contribution < 1.29 is 0 Å². The quantitative estimate of drug-likeness (QED) is 0.913. The molecule has 0 unspecified atom stereocenters. The van der Waals surface area contributed by atoms with Crippen LogP contribution >= 0.6 is 0 Å². The Labute approximate surface area is 123 Å². The Morgan fingerprint density at radius 3 is 2.40 bits per heavy atom. The first kappa shape index (κ1) is 15.3. The van der Waals surface area contributed by atoms with E-state index in [-0.39, 0.29) is 6.04 Å². The summed E-state index contributed by atoms with van der Waals surface area (Å²) in [7, 11) is 0. The van der Waals surface area contributed by atoms with Gasteiger partial charge < -0.3 is 10.6 Å². The summed E-state index contributed by atoms with van der Waals surface area (Å²) in [5.74, 6) is 0.833. The van der Waals surface area contributed by atoms with Crippen molar-refractivity contribution >= 4 is 5.69 Å². The largest absolute Gasteiger partial charge is 0.370 e. The van der Waals surface area contributed by atoms with Crippen LogP contribution in [0.5, 0.6) is 0 Å². The van der Waals surface area contributed by atoms with Gasteiger partial charge in [-0.2, -0.15) is 0 Å². The number of rotatable bonds is 3. The van der Waals surface area contributed by atoms with Crippen molar-refractivity contribution in [2.45, 2.75) is 53.0 Å². The summed E-state index contributed by atoms with van der Waals surface area (Å²) >= 11 is 0. The monoisotopic (exact) mass is 275 g/mol. The minimum Gasteiger partial charge on any atom is -0.370 e. The molecule has 1 aromatic rings. The Bertz CT molecular complexity index is 411. The highest BCUT2D eigenvalue weighted by Crippen LogP contribution is 2.35. The van der Waals surface area contributed by atoms with Crippen LogP contribution in [0, 0.1) is 11.3 Å². The van der Waals surface area contributed by atoms with Gasteiger partial charge in [-0.25, -0.2) is 0 Å². The predicted octanol–water partition coefficient (Wildman–Crippen LogP) is 3.75. The number of nitrogens with two attached hydrogens (primary N) is 1. The lowest BCUT2D eigenvalue weighted by atomic mass is 9.75. The third kappa shape index (κ3) is 3.51. The van der Waals surface area contributed by atoms with Crippen molar-refractivity contribution in [1.29, 1.82) is 0 Å². The van der Waals surface area contributed by atoms with E-state index in [1.165, 1.54) is 18.5 Å². The summed E-state index contributed by atoms with van der Waals surface area (Å²) < 4.78 is 0. The lowest BCUT2D eigenvalue weighted by molar-refractivity contribution is 0.199. The van der Waals surface area contributed by atoms with Crippen LogP contribution in [0.15, 0.2) is 18.3 Å². The zero-order valence-electron chi connectivity index (χ0n) is 13.4. The average molecular weight is 275 g/mol. The van der Waals surface area contributed by atoms with E-state index in [0.29, 0.717) is 5.41 Å². The second-order valence-corrected chi connectivity index (χ2v) is 7.08. The van der Waals surface area contributed by atoms with Crippen LogP contribution in [0.1, 0.15) is 58.7 Å². The molecule has 2 rings (SSSR count). The Balaban J connectivity index is 1.97. The number of piperidine rings is 1. The predicted molar refractivity (Wildman–Crippen MR) is 85.8 cm³/mol. The molecule has 1 aliphatic heterocycles. The van der Waals surface area contributed by atoms with Crippen molar-refractivity contribution in [1.82, 2.24) is 4.98 Å². The van der Waals surface area contributed by atoms with Crippen molar-refractivity contribution in [2.24, 2.45) is 17.1 Å². The van der Waals surface area contributed by atoms with Gasteiger partial charge >= 0.3 is 0 Å². The summed E-state index contributed by atoms with van der Waals surface area (Å²) in [5, 5.41) is 0. The molecule has 0 saturated carbocycles. The van der Waals surface area contributed by atoms with Crippen LogP contribution in [0.2, 0.25) is 0 Å². The number of nitrogens with zero attached hydrogens (tertiary/aromatic N) is 2. The number of hydrogen-bond donors (Lipinski definition) is 1. The Kier molecular flexibility index (Phi) is 4.69. The number of pyridine rings is 1. The normalized spacial score (nSPS) is 19.1. The standard InChI is InChI=1S/C17H29N3/c1-5-15(18)16-7-6-14(12-19-16)20-10-8-13(9-11-20)17(2,3)4/h6-7,12-13,15H,5,8-11,18H2,1-4H3/t15-/m0/s1. The Morgan fingerprint density at radius 2 is 1.95 bits per heavy atom. The highest BCUT2D eigenvalue weighted by Gasteiger charge is 2.28. The summed E-state index contributed by atoms with van der Waals surface area (Å²) in [6, 6.07) is 4.32. The van der Waals surface area contributed by atoms with Crippen LogP contribution < -0.4 is 10.6 Å². The smallest absolute Gasteiger partial charge is 0.0572 e. The van der Waals surface area contributed by atoms with E-state index in [2.05, 4.69) is 49.7 Å². The molecule has 112 valence electrons. The molecule has 0 bridgehead atoms. The molecule has 0 radical (unpaired) electrons. The molecule has 1 atom stereocenters. The number of anilines is 1. The maximum Gasteiger partial charge on any atom is 0.0572 e. The van der Waals surface area contributed by atoms with Gasteiger partial charge in [-0.05, 0) is 42.7 Å². The van der Waals surface area contributed by atoms with Gasteiger partial charge in [-0.3, -0.25) is 4.98 Å². The maximum atomic E-state index is 6.01. The van der Waals surface area contributed by atoms with E-state index in [9.17, 15) is 0 Å². The molecule has 1 aromatic heterocycles. The van der Waals surface area contributed by atoms with Gasteiger partial charge in [0.05, 0.1) is 17.6 Å². The second-order valence-electron chi connectivity index (χ2n) is 7.08. The van der Waals surface area contributed by atoms with Crippen molar-refractivity contribution in [3.05, 3.63) is 24.0 Å². The molecule has 3 heteroatoms. The minimum absolute atomic E-state index is 0.0654. The minimum atomic E-state index is 0.0654. The second kappa shape index (κ2) is 6.13. The van der Waals surface area contributed by atoms with E-state index in [0.717, 1.165) is 31.1 Å². The molecule has 20 heavy (non-hydrogen) atoms. The Morgan fingerprint density at radius 1 is 1.30 bits per heavy atom. The molecule has 2 N–H and O–H groups in total. The first-order chi connectivity index (χ1) is 9.41. The molecule has 1 fully saturated rings. The van der Waals surface area contributed by atoms with E-state index < -0.39 is 0 Å². The van der Waals surface area contributed by atoms with E-state index in [1.807, 2.05) is 6.20 Å². The molecular formula is C17H29N3. The molecule has 0 amide bonds. The molecule has 0 spiro atoms. The van der Waals surface area contributed by atoms with E-state index in [1.54, 1.807) is 0 Å². The topological polar surface area (TPSA) is 42.1 Å². The fraction of sp³-hybridized carbons (Fsp3) is 0.706. The van der Waals surface area contributed by atoms with Gasteiger partial charge in [0, 0.05) is 19.1 Å². The van der Waals surface area contributed by atoms with E-state index >= 15 is 0 Å². The van der Waals surface area contributed by atoms with Crippen molar-refractivity contribution in [3.8, 4) is 0 Å². The summed E-state index contributed by atoms with van der Waals surface area (Å²) in [4.78, 5) is 6.98. The molecule has 2 heterocycles. The molecule has 3 nitrogen and oxygen atoms in total. The average Bonchev–Trinajstić information content (AvgIpc) is 2.46. The molecule has 1 aliphatic rings. The number of hydrogen-bond acceptors (Lipinski definition) is 3. The maximum absolute atomic E-state index is 6.01. The third-order valence-electron chi connectivity index (χ3n) is 4.68. The SMILES string of the molecule is CC[C@H](N)c1ccc(N2CCC(C(C)(C)C)CC2)cn1. The number of aromatic nitrogens is 1. The third-order valence-corrected chi connectivity index (χ3v) is 4.68. The first-order valence-corrected chi connectivity index (χ1v) is 7.88. The summed E-state index contributed by atoms with van der Waals surface area (Å²) in [6.45, 7) is 11.4. The molecule has 0 aromatic carbocycles. The lowest BCUT2D eigenvalue weighted by Crippen LogP contribution is -2.38. The fourth-order valence-electron chi connectivity index (χ4n) is 3.02. The molecule has 0 aliphatic carbocycles. The van der Waals surface area contributed by atoms with Crippen molar-refractivity contribution in [2.75, 3.05) is 18.0 Å². The highest BCUT2D eigenvalue weighted by molar-refractivity contribution is 5.45. The van der Waals surface area contributed by atoms with Gasteiger partial charge in [0.25, 0.3) is 0 Å². The van der Waals surface area contributed by atoms with Crippen LogP contribution in [0.4, 0.5) is 5.69 Å². The molecule has 1 saturated heterocycles. The zero-order chi connectivity index (χ0) is 14.8. The van der Waals surface area contributed by atoms with Crippen LogP contribution in [0.25, 0.3) is 0 Å². The lowest BCUT2D eigenvalue weighted by Gasteiger charge is -2.39. The van der Waals surface area contributed by atoms with Crippen LogP contribution in [0.3, 0.4) is 0 Å². The summed E-state index contributed by atoms with van der Waals surface area (Å²) in [5.41, 5.74) is 8.69. The van der Waals surface area contributed by atoms with Gasteiger partial charge in [0.1, 0.15) is 0 Å². The van der Waals surface area contributed by atoms with Gasteiger partial charge in [0.15, 0.2) is 0 Å². The molecular weight excluding hydrogens is 246 g/mol. The highest BCUT2D eigenvalue weighted by atomic mass is 15.1. The van der Waals surface area contributed by atoms with Gasteiger partial charge in [-0.15, -0.1) is 0 Å². The van der Waals surface area contributed by atoms with Crippen LogP contribution in [-0.2, 0) is 0 Å². The van der Waals surface area contributed by atoms with Crippen molar-refractivity contribution in [3.63, 3.8) is 0 Å². The van der Waals surface area contributed by atoms with Gasteiger partial charge in [0.2, 0.25) is 0 Å². The Hall–Kier alpha value is -1.09. The van der Waals surface area contributed by atoms with Gasteiger partial charge in [-0.1, -0.05) is 27.7 Å². The first-order valence-electron chi connectivity index (χ1n) is 7.88. The van der Waals surface area contributed by atoms with E-state index in [4.69, 9.17) is 5.73 Å². The zero-order valence-corrected chi connectivity index (χ0v) is 13.4. The van der Waals surface area contributed by atoms with Crippen LogP contribution in [-0.4, -0.2) is 18.1 Å².